The van der Waals surface area contributed by atoms with E-state index in [4.69, 9.17) is 4.74 Å². The van der Waals surface area contributed by atoms with Crippen LogP contribution < -0.4 is 0 Å². The largest absolute Gasteiger partial charge is 0.469 e. The number of rotatable bonds is 7. The summed E-state index contributed by atoms with van der Waals surface area (Å²) in [5.41, 5.74) is 5.66. The van der Waals surface area contributed by atoms with Crippen LogP contribution in [0.1, 0.15) is 44.2 Å². The van der Waals surface area contributed by atoms with Crippen molar-refractivity contribution in [3.8, 4) is 5.69 Å². The van der Waals surface area contributed by atoms with Crippen molar-refractivity contribution in [2.45, 2.75) is 40.2 Å². The third-order valence-corrected chi connectivity index (χ3v) is 6.31. The maximum Gasteiger partial charge on any atom is 0.305 e. The predicted octanol–water partition coefficient (Wildman–Crippen LogP) is 4.24. The second-order valence-electron chi connectivity index (χ2n) is 7.37. The van der Waals surface area contributed by atoms with Gasteiger partial charge in [0.2, 0.25) is 0 Å². The quantitative estimate of drug-likeness (QED) is 0.531. The number of carbonyl (C=O) groups excluding carboxylic acids is 2. The van der Waals surface area contributed by atoms with E-state index in [1.807, 2.05) is 55.2 Å². The molecule has 3 rings (SSSR count). The molecule has 0 atom stereocenters. The molecule has 7 heteroatoms. The number of carbonyl (C=O) groups is 2. The second-order valence-corrected chi connectivity index (χ2v) is 8.37. The molecule has 2 heterocycles. The monoisotopic (exact) mass is 425 g/mol. The lowest BCUT2D eigenvalue weighted by Gasteiger charge is -2.17. The van der Waals surface area contributed by atoms with Crippen molar-refractivity contribution in [1.82, 2.24) is 14.7 Å². The third-order valence-electron chi connectivity index (χ3n) is 5.30. The molecule has 0 fully saturated rings. The van der Waals surface area contributed by atoms with Crippen molar-refractivity contribution in [2.75, 3.05) is 14.2 Å². The first-order valence-electron chi connectivity index (χ1n) is 9.82. The first-order valence-corrected chi connectivity index (χ1v) is 10.7. The highest BCUT2D eigenvalue weighted by atomic mass is 32.1. The Morgan fingerprint density at radius 2 is 1.83 bits per heavy atom. The molecule has 1 amide bonds. The van der Waals surface area contributed by atoms with Crippen LogP contribution in [0.4, 0.5) is 0 Å². The summed E-state index contributed by atoms with van der Waals surface area (Å²) in [6.07, 6.45) is 0.918. The van der Waals surface area contributed by atoms with Crippen molar-refractivity contribution in [1.29, 1.82) is 0 Å². The Bertz CT molecular complexity index is 1050. The van der Waals surface area contributed by atoms with Gasteiger partial charge in [0, 0.05) is 29.6 Å². The highest BCUT2D eigenvalue weighted by Crippen LogP contribution is 2.21. The number of ether oxygens (including phenoxy) is 1. The molecule has 0 saturated heterocycles. The van der Waals surface area contributed by atoms with Crippen molar-refractivity contribution < 1.29 is 14.3 Å². The van der Waals surface area contributed by atoms with Gasteiger partial charge in [0.05, 0.1) is 25.0 Å². The molecule has 0 aliphatic carbocycles. The molecule has 0 aliphatic rings. The molecular weight excluding hydrogens is 398 g/mol. The number of esters is 1. The van der Waals surface area contributed by atoms with E-state index in [1.165, 1.54) is 17.6 Å². The standard InChI is InChI=1S/C23H27N3O3S/c1-15-12-13-30-21(15)14-25(4)23(28)18-6-8-19(9-7-18)26-17(3)20(16(2)24-26)10-11-22(27)29-5/h6-9,12-13H,10-11,14H2,1-5H3. The van der Waals surface area contributed by atoms with E-state index < -0.39 is 0 Å². The average Bonchev–Trinajstić information content (AvgIpc) is 3.27. The maximum absolute atomic E-state index is 12.8. The fourth-order valence-corrected chi connectivity index (χ4v) is 4.39. The van der Waals surface area contributed by atoms with Crippen LogP contribution in [-0.4, -0.2) is 40.7 Å². The molecule has 0 aliphatic heterocycles. The summed E-state index contributed by atoms with van der Waals surface area (Å²) in [5.74, 6) is -0.243. The second kappa shape index (κ2) is 9.26. The zero-order valence-electron chi connectivity index (χ0n) is 18.1. The Labute approximate surface area is 181 Å². The minimum atomic E-state index is -0.230. The van der Waals surface area contributed by atoms with Crippen molar-refractivity contribution >= 4 is 23.2 Å². The molecule has 30 heavy (non-hydrogen) atoms. The summed E-state index contributed by atoms with van der Waals surface area (Å²) in [6, 6.07) is 9.54. The number of aromatic nitrogens is 2. The van der Waals surface area contributed by atoms with Gasteiger partial charge in [-0.05, 0) is 74.0 Å². The fourth-order valence-electron chi connectivity index (χ4n) is 3.44. The first-order chi connectivity index (χ1) is 14.3. The summed E-state index contributed by atoms with van der Waals surface area (Å²) in [7, 11) is 3.22. The summed E-state index contributed by atoms with van der Waals surface area (Å²) in [6.45, 7) is 6.59. The van der Waals surface area contributed by atoms with Crippen molar-refractivity contribution in [3.63, 3.8) is 0 Å². The molecular formula is C23H27N3O3S. The van der Waals surface area contributed by atoms with Gasteiger partial charge in [-0.3, -0.25) is 9.59 Å². The van der Waals surface area contributed by atoms with E-state index >= 15 is 0 Å². The number of aryl methyl sites for hydroxylation is 2. The third kappa shape index (κ3) is 4.62. The van der Waals surface area contributed by atoms with Crippen LogP contribution in [0.25, 0.3) is 5.69 Å². The number of thiophene rings is 1. The Hall–Kier alpha value is -2.93. The van der Waals surface area contributed by atoms with E-state index in [0.29, 0.717) is 24.9 Å². The number of benzene rings is 1. The summed E-state index contributed by atoms with van der Waals surface area (Å²) in [5, 5.41) is 6.67. The van der Waals surface area contributed by atoms with Gasteiger partial charge in [-0.1, -0.05) is 0 Å². The van der Waals surface area contributed by atoms with E-state index in [0.717, 1.165) is 22.6 Å². The Morgan fingerprint density at radius 3 is 2.43 bits per heavy atom. The van der Waals surface area contributed by atoms with Gasteiger partial charge in [0.15, 0.2) is 0 Å². The number of nitrogens with zero attached hydrogens (tertiary/aromatic N) is 3. The Balaban J connectivity index is 1.74. The Morgan fingerprint density at radius 1 is 1.13 bits per heavy atom. The van der Waals surface area contributed by atoms with Gasteiger partial charge in [0.25, 0.3) is 5.91 Å². The molecule has 2 aromatic heterocycles. The molecule has 0 bridgehead atoms. The van der Waals surface area contributed by atoms with Crippen LogP contribution in [0.3, 0.4) is 0 Å². The summed E-state index contributed by atoms with van der Waals surface area (Å²) < 4.78 is 6.59. The number of hydrogen-bond acceptors (Lipinski definition) is 5. The zero-order valence-corrected chi connectivity index (χ0v) is 18.9. The van der Waals surface area contributed by atoms with Gasteiger partial charge in [-0.15, -0.1) is 11.3 Å². The molecule has 6 nitrogen and oxygen atoms in total. The van der Waals surface area contributed by atoms with E-state index in [9.17, 15) is 9.59 Å². The molecule has 0 N–H and O–H groups in total. The van der Waals surface area contributed by atoms with Gasteiger partial charge in [-0.2, -0.15) is 5.10 Å². The van der Waals surface area contributed by atoms with Gasteiger partial charge >= 0.3 is 5.97 Å². The highest BCUT2D eigenvalue weighted by Gasteiger charge is 2.16. The number of amides is 1. The van der Waals surface area contributed by atoms with E-state index in [1.54, 1.807) is 16.2 Å². The topological polar surface area (TPSA) is 64.4 Å². The molecule has 0 spiro atoms. The molecule has 1 aromatic carbocycles. The van der Waals surface area contributed by atoms with Crippen LogP contribution in [-0.2, 0) is 22.5 Å². The van der Waals surface area contributed by atoms with Gasteiger partial charge in [0.1, 0.15) is 0 Å². The lowest BCUT2D eigenvalue weighted by atomic mass is 10.1. The lowest BCUT2D eigenvalue weighted by Crippen LogP contribution is -2.26. The fraction of sp³-hybridized carbons (Fsp3) is 0.348. The molecule has 158 valence electrons. The van der Waals surface area contributed by atoms with Crippen LogP contribution in [0.5, 0.6) is 0 Å². The van der Waals surface area contributed by atoms with E-state index in [2.05, 4.69) is 18.1 Å². The van der Waals surface area contributed by atoms with Crippen LogP contribution >= 0.6 is 11.3 Å². The van der Waals surface area contributed by atoms with Crippen LogP contribution in [0, 0.1) is 20.8 Å². The highest BCUT2D eigenvalue weighted by molar-refractivity contribution is 7.10. The normalized spacial score (nSPS) is 10.8. The smallest absolute Gasteiger partial charge is 0.305 e. The summed E-state index contributed by atoms with van der Waals surface area (Å²) in [4.78, 5) is 27.2. The van der Waals surface area contributed by atoms with Gasteiger partial charge in [-0.25, -0.2) is 4.68 Å². The molecule has 0 unspecified atom stereocenters. The Kier molecular flexibility index (Phi) is 6.72. The summed E-state index contributed by atoms with van der Waals surface area (Å²) >= 11 is 1.67. The van der Waals surface area contributed by atoms with Crippen molar-refractivity contribution in [2.24, 2.45) is 0 Å². The number of methoxy groups -OCH3 is 1. The van der Waals surface area contributed by atoms with Crippen molar-refractivity contribution in [3.05, 3.63) is 68.7 Å². The van der Waals surface area contributed by atoms with Crippen LogP contribution in [0.2, 0.25) is 0 Å². The zero-order chi connectivity index (χ0) is 21.8. The van der Waals surface area contributed by atoms with Gasteiger partial charge < -0.3 is 9.64 Å². The average molecular weight is 426 g/mol. The molecule has 3 aromatic rings. The SMILES string of the molecule is COC(=O)CCc1c(C)nn(-c2ccc(C(=O)N(C)Cc3sccc3C)cc2)c1C. The lowest BCUT2D eigenvalue weighted by molar-refractivity contribution is -0.140. The first kappa shape index (κ1) is 21.8. The number of hydrogen-bond donors (Lipinski definition) is 0. The minimum absolute atomic E-state index is 0.0125. The molecule has 0 radical (unpaired) electrons. The minimum Gasteiger partial charge on any atom is -0.469 e. The molecule has 0 saturated carbocycles. The van der Waals surface area contributed by atoms with Crippen LogP contribution in [0.15, 0.2) is 35.7 Å². The maximum atomic E-state index is 12.8. The van der Waals surface area contributed by atoms with E-state index in [-0.39, 0.29) is 11.9 Å². The predicted molar refractivity (Wildman–Crippen MR) is 118 cm³/mol.